The topological polar surface area (TPSA) is 71.5 Å². The summed E-state index contributed by atoms with van der Waals surface area (Å²) in [5, 5.41) is 2.86. The fourth-order valence-corrected chi connectivity index (χ4v) is 2.83. The van der Waals surface area contributed by atoms with E-state index in [-0.39, 0.29) is 12.0 Å². The van der Waals surface area contributed by atoms with Crippen molar-refractivity contribution >= 4 is 29.0 Å². The molecule has 1 N–H and O–H groups in total. The summed E-state index contributed by atoms with van der Waals surface area (Å²) in [6.45, 7) is 7.68. The highest BCUT2D eigenvalue weighted by atomic mass is 32.1. The van der Waals surface area contributed by atoms with Gasteiger partial charge in [-0.2, -0.15) is 0 Å². The lowest BCUT2D eigenvalue weighted by Gasteiger charge is -2.24. The van der Waals surface area contributed by atoms with Crippen LogP contribution in [0, 0.1) is 6.92 Å². The van der Waals surface area contributed by atoms with Crippen molar-refractivity contribution < 1.29 is 14.3 Å². The van der Waals surface area contributed by atoms with Gasteiger partial charge in [-0.3, -0.25) is 4.79 Å². The minimum atomic E-state index is -0.534. The van der Waals surface area contributed by atoms with Gasteiger partial charge in [0.2, 0.25) is 0 Å². The molecular weight excluding hydrogens is 338 g/mol. The Morgan fingerprint density at radius 1 is 1.32 bits per heavy atom. The van der Waals surface area contributed by atoms with Crippen LogP contribution in [-0.4, -0.2) is 34.5 Å². The Hall–Kier alpha value is -2.41. The third kappa shape index (κ3) is 5.56. The first-order chi connectivity index (χ1) is 11.7. The van der Waals surface area contributed by atoms with E-state index in [0.717, 1.165) is 5.56 Å². The second-order valence-electron chi connectivity index (χ2n) is 6.76. The lowest BCUT2D eigenvalue weighted by atomic mass is 10.2. The second kappa shape index (κ2) is 7.65. The van der Waals surface area contributed by atoms with Gasteiger partial charge in [-0.1, -0.05) is 12.1 Å². The molecule has 134 valence electrons. The highest BCUT2D eigenvalue weighted by molar-refractivity contribution is 7.12. The molecule has 0 saturated carbocycles. The van der Waals surface area contributed by atoms with Crippen molar-refractivity contribution in [2.24, 2.45) is 0 Å². The molecule has 0 saturated heterocycles. The summed E-state index contributed by atoms with van der Waals surface area (Å²) >= 11 is 1.31. The van der Waals surface area contributed by atoms with Gasteiger partial charge < -0.3 is 15.0 Å². The predicted molar refractivity (Wildman–Crippen MR) is 98.9 cm³/mol. The van der Waals surface area contributed by atoms with Crippen molar-refractivity contribution in [3.63, 3.8) is 0 Å². The van der Waals surface area contributed by atoms with Gasteiger partial charge in [0.05, 0.1) is 11.2 Å². The zero-order valence-electron chi connectivity index (χ0n) is 15.1. The first-order valence-corrected chi connectivity index (χ1v) is 8.78. The zero-order chi connectivity index (χ0) is 18.6. The molecule has 1 aromatic carbocycles. The first-order valence-electron chi connectivity index (χ1n) is 7.90. The van der Waals surface area contributed by atoms with Crippen LogP contribution in [0.5, 0.6) is 0 Å². The molecule has 0 spiro atoms. The average molecular weight is 361 g/mol. The smallest absolute Gasteiger partial charge is 0.410 e. The van der Waals surface area contributed by atoms with Crippen molar-refractivity contribution in [2.75, 3.05) is 12.4 Å². The van der Waals surface area contributed by atoms with Crippen LogP contribution in [0.4, 0.5) is 10.5 Å². The molecule has 0 atom stereocenters. The van der Waals surface area contributed by atoms with E-state index < -0.39 is 5.60 Å². The van der Waals surface area contributed by atoms with Crippen LogP contribution in [0.3, 0.4) is 0 Å². The summed E-state index contributed by atoms with van der Waals surface area (Å²) < 4.78 is 5.34. The van der Waals surface area contributed by atoms with Gasteiger partial charge >= 0.3 is 6.09 Å². The molecule has 0 radical (unpaired) electrons. The van der Waals surface area contributed by atoms with E-state index in [0.29, 0.717) is 22.8 Å². The van der Waals surface area contributed by atoms with Crippen molar-refractivity contribution in [1.29, 1.82) is 0 Å². The standard InChI is InChI=1S/C18H23N3O3S/c1-12-15(25-11-19-12)16(22)20-14-8-6-7-13(9-14)10-21(5)17(23)24-18(2,3)4/h6-9,11H,10H2,1-5H3,(H,20,22). The number of nitrogens with one attached hydrogen (secondary N) is 1. The van der Waals surface area contributed by atoms with Gasteiger partial charge in [0, 0.05) is 19.3 Å². The summed E-state index contributed by atoms with van der Waals surface area (Å²) in [5.74, 6) is -0.183. The molecule has 0 aliphatic rings. The van der Waals surface area contributed by atoms with Gasteiger partial charge in [-0.25, -0.2) is 9.78 Å². The number of benzene rings is 1. The number of hydrogen-bond donors (Lipinski definition) is 1. The number of carbonyl (C=O) groups excluding carboxylic acids is 2. The Labute approximate surface area is 151 Å². The largest absolute Gasteiger partial charge is 0.444 e. The molecule has 1 aromatic heterocycles. The fraction of sp³-hybridized carbons (Fsp3) is 0.389. The maximum absolute atomic E-state index is 12.3. The fourth-order valence-electron chi connectivity index (χ4n) is 2.13. The number of carbonyl (C=O) groups is 2. The van der Waals surface area contributed by atoms with Crippen molar-refractivity contribution in [3.8, 4) is 0 Å². The Morgan fingerprint density at radius 2 is 2.04 bits per heavy atom. The molecule has 2 rings (SSSR count). The molecule has 1 heterocycles. The molecule has 0 unspecified atom stereocenters. The van der Waals surface area contributed by atoms with Gasteiger partial charge in [0.25, 0.3) is 5.91 Å². The molecule has 0 fully saturated rings. The van der Waals surface area contributed by atoms with E-state index in [9.17, 15) is 9.59 Å². The van der Waals surface area contributed by atoms with Crippen molar-refractivity contribution in [2.45, 2.75) is 39.8 Å². The number of nitrogens with zero attached hydrogens (tertiary/aromatic N) is 2. The minimum Gasteiger partial charge on any atom is -0.444 e. The van der Waals surface area contributed by atoms with E-state index in [1.54, 1.807) is 19.5 Å². The molecule has 2 aromatic rings. The summed E-state index contributed by atoms with van der Waals surface area (Å²) in [6, 6.07) is 7.39. The second-order valence-corrected chi connectivity index (χ2v) is 7.61. The van der Waals surface area contributed by atoms with E-state index in [1.165, 1.54) is 16.2 Å². The molecule has 25 heavy (non-hydrogen) atoms. The number of ether oxygens (including phenoxy) is 1. The maximum atomic E-state index is 12.3. The average Bonchev–Trinajstić information content (AvgIpc) is 2.92. The lowest BCUT2D eigenvalue weighted by Crippen LogP contribution is -2.33. The van der Waals surface area contributed by atoms with E-state index >= 15 is 0 Å². The van der Waals surface area contributed by atoms with Crippen LogP contribution in [-0.2, 0) is 11.3 Å². The Kier molecular flexibility index (Phi) is 5.79. The third-order valence-electron chi connectivity index (χ3n) is 3.26. The lowest BCUT2D eigenvalue weighted by molar-refractivity contribution is 0.0285. The monoisotopic (exact) mass is 361 g/mol. The Balaban J connectivity index is 2.02. The van der Waals surface area contributed by atoms with Crippen molar-refractivity contribution in [1.82, 2.24) is 9.88 Å². The molecule has 2 amide bonds. The normalized spacial score (nSPS) is 11.1. The number of rotatable bonds is 4. The summed E-state index contributed by atoms with van der Waals surface area (Å²) in [6.07, 6.45) is -0.387. The predicted octanol–water partition coefficient (Wildman–Crippen LogP) is 4.07. The van der Waals surface area contributed by atoms with E-state index in [4.69, 9.17) is 4.74 Å². The van der Waals surface area contributed by atoms with Crippen LogP contribution >= 0.6 is 11.3 Å². The molecule has 6 nitrogen and oxygen atoms in total. The summed E-state index contributed by atoms with van der Waals surface area (Å²) in [7, 11) is 1.68. The minimum absolute atomic E-state index is 0.183. The van der Waals surface area contributed by atoms with E-state index in [1.807, 2.05) is 45.0 Å². The summed E-state index contributed by atoms with van der Waals surface area (Å²) in [4.78, 5) is 30.5. The first kappa shape index (κ1) is 18.9. The highest BCUT2D eigenvalue weighted by Gasteiger charge is 2.19. The molecular formula is C18H23N3O3S. The maximum Gasteiger partial charge on any atom is 0.410 e. The molecule has 0 aliphatic heterocycles. The van der Waals surface area contributed by atoms with Crippen molar-refractivity contribution in [3.05, 3.63) is 45.9 Å². The number of amides is 2. The van der Waals surface area contributed by atoms with Crippen LogP contribution in [0.1, 0.15) is 41.7 Å². The zero-order valence-corrected chi connectivity index (χ0v) is 15.9. The van der Waals surface area contributed by atoms with Gasteiger partial charge in [-0.05, 0) is 45.4 Å². The third-order valence-corrected chi connectivity index (χ3v) is 4.19. The number of thiazole rings is 1. The van der Waals surface area contributed by atoms with Crippen LogP contribution in [0.2, 0.25) is 0 Å². The Bertz CT molecular complexity index is 765. The van der Waals surface area contributed by atoms with Crippen LogP contribution < -0.4 is 5.32 Å². The Morgan fingerprint density at radius 3 is 2.64 bits per heavy atom. The SMILES string of the molecule is Cc1ncsc1C(=O)Nc1cccc(CN(C)C(=O)OC(C)(C)C)c1. The molecule has 0 bridgehead atoms. The van der Waals surface area contributed by atoms with Crippen LogP contribution in [0.15, 0.2) is 29.8 Å². The number of aryl methyl sites for hydroxylation is 1. The number of aromatic nitrogens is 1. The van der Waals surface area contributed by atoms with E-state index in [2.05, 4.69) is 10.3 Å². The highest BCUT2D eigenvalue weighted by Crippen LogP contribution is 2.18. The molecule has 7 heteroatoms. The van der Waals surface area contributed by atoms with Gasteiger partial charge in [0.15, 0.2) is 0 Å². The quantitative estimate of drug-likeness (QED) is 0.891. The summed E-state index contributed by atoms with van der Waals surface area (Å²) in [5.41, 5.74) is 3.40. The number of hydrogen-bond acceptors (Lipinski definition) is 5. The van der Waals surface area contributed by atoms with Gasteiger partial charge in [0.1, 0.15) is 10.5 Å². The van der Waals surface area contributed by atoms with Crippen LogP contribution in [0.25, 0.3) is 0 Å². The number of anilines is 1. The van der Waals surface area contributed by atoms with Gasteiger partial charge in [-0.15, -0.1) is 11.3 Å². The molecule has 0 aliphatic carbocycles.